The number of H-pyrrole nitrogens is 1. The summed E-state index contributed by atoms with van der Waals surface area (Å²) in [6.45, 7) is 13.5. The van der Waals surface area contributed by atoms with Crippen molar-refractivity contribution < 1.29 is 13.7 Å². The normalized spacial score (nSPS) is 12.5. The number of benzene rings is 4. The van der Waals surface area contributed by atoms with E-state index in [1.54, 1.807) is 0 Å². The van der Waals surface area contributed by atoms with Crippen molar-refractivity contribution >= 4 is 18.7 Å². The Morgan fingerprint density at radius 1 is 0.827 bits per heavy atom. The van der Waals surface area contributed by atoms with Gasteiger partial charge in [-0.15, -0.1) is 0 Å². The monoisotopic (exact) mass is 712 g/mol. The molecule has 2 aromatic heterocycles. The molecule has 0 radical (unpaired) electrons. The van der Waals surface area contributed by atoms with Gasteiger partial charge in [-0.05, 0) is 58.8 Å². The summed E-state index contributed by atoms with van der Waals surface area (Å²) in [4.78, 5) is 24.1. The van der Waals surface area contributed by atoms with Gasteiger partial charge in [0.05, 0.1) is 11.8 Å². The van der Waals surface area contributed by atoms with Gasteiger partial charge in [-0.25, -0.2) is 9.78 Å². The molecule has 0 spiro atoms. The number of aromatic amines is 1. The maximum absolute atomic E-state index is 11.7. The molecular weight excluding hydrogens is 665 g/mol. The number of unbranched alkanes of at least 4 members (excludes halogenated alkanes) is 1. The molecule has 0 aliphatic rings. The zero-order valence-corrected chi connectivity index (χ0v) is 32.0. The van der Waals surface area contributed by atoms with Gasteiger partial charge < -0.3 is 9.16 Å². The first-order chi connectivity index (χ1) is 25.1. The lowest BCUT2D eigenvalue weighted by atomic mass is 9.96. The Kier molecular flexibility index (Phi) is 11.3. The van der Waals surface area contributed by atoms with Crippen molar-refractivity contribution in [1.29, 1.82) is 0 Å². The molecule has 0 fully saturated rings. The third-order valence-electron chi connectivity index (χ3n) is 9.45. The first kappa shape index (κ1) is 36.7. The fourth-order valence-corrected chi connectivity index (χ4v) is 11.7. The molecule has 9 heteroatoms. The first-order valence-electron chi connectivity index (χ1n) is 18.1. The summed E-state index contributed by atoms with van der Waals surface area (Å²) < 4.78 is 18.8. The molecule has 0 saturated heterocycles. The van der Waals surface area contributed by atoms with Gasteiger partial charge in [-0.1, -0.05) is 148 Å². The first-order valence-corrected chi connectivity index (χ1v) is 20.0. The van der Waals surface area contributed by atoms with E-state index in [1.165, 1.54) is 10.4 Å². The van der Waals surface area contributed by atoms with Crippen molar-refractivity contribution in [2.45, 2.75) is 78.4 Å². The van der Waals surface area contributed by atoms with Gasteiger partial charge in [-0.2, -0.15) is 4.98 Å². The second-order valence-corrected chi connectivity index (χ2v) is 18.6. The molecule has 1 atom stereocenters. The molecule has 0 aliphatic carbocycles. The van der Waals surface area contributed by atoms with Crippen molar-refractivity contribution in [3.05, 3.63) is 142 Å². The van der Waals surface area contributed by atoms with E-state index in [4.69, 9.17) is 23.7 Å². The standard InChI is InChI=1S/C43H48N4O4Si/c1-7-8-23-39-38(28-32-24-26-33(27-25-32)36-21-15-16-22-37(36)40-46-42(48)50-47-40)41(45-31(3)44-39)49-29-30(2)51-52(43(4,5)6,34-17-11-9-12-18-34)35-19-13-10-14-20-35/h9-22,24-27,30H,7-8,23,28-29H2,1-6H3,(H,46,47,48). The van der Waals surface area contributed by atoms with Crippen LogP contribution in [0.4, 0.5) is 0 Å². The van der Waals surface area contributed by atoms with Crippen LogP contribution in [0.5, 0.6) is 5.88 Å². The Hall–Kier alpha value is -5.12. The van der Waals surface area contributed by atoms with E-state index in [2.05, 4.69) is 130 Å². The highest BCUT2D eigenvalue weighted by atomic mass is 28.4. The molecule has 0 aliphatic heterocycles. The lowest BCUT2D eigenvalue weighted by Gasteiger charge is -2.44. The summed E-state index contributed by atoms with van der Waals surface area (Å²) in [5, 5.41) is 6.24. The highest BCUT2D eigenvalue weighted by molar-refractivity contribution is 6.99. The molecule has 1 unspecified atom stereocenters. The Bertz CT molecular complexity index is 2080. The predicted molar refractivity (Wildman–Crippen MR) is 210 cm³/mol. The van der Waals surface area contributed by atoms with Crippen molar-refractivity contribution in [1.82, 2.24) is 20.1 Å². The molecule has 4 aromatic carbocycles. The second-order valence-electron chi connectivity index (χ2n) is 14.4. The van der Waals surface area contributed by atoms with Crippen LogP contribution in [-0.4, -0.2) is 41.1 Å². The van der Waals surface area contributed by atoms with Gasteiger partial charge in [-0.3, -0.25) is 9.51 Å². The van der Waals surface area contributed by atoms with Crippen LogP contribution >= 0.6 is 0 Å². The van der Waals surface area contributed by atoms with Gasteiger partial charge in [0.25, 0.3) is 8.32 Å². The van der Waals surface area contributed by atoms with Crippen LogP contribution in [0.3, 0.4) is 0 Å². The Morgan fingerprint density at radius 3 is 2.02 bits per heavy atom. The van der Waals surface area contributed by atoms with Crippen molar-refractivity contribution in [3.63, 3.8) is 0 Å². The lowest BCUT2D eigenvalue weighted by molar-refractivity contribution is 0.129. The summed E-state index contributed by atoms with van der Waals surface area (Å²) in [7, 11) is -2.76. The zero-order chi connectivity index (χ0) is 36.7. The number of hydrogen-bond donors (Lipinski definition) is 1. The molecule has 1 N–H and O–H groups in total. The van der Waals surface area contributed by atoms with E-state index < -0.39 is 14.1 Å². The molecule has 0 amide bonds. The third kappa shape index (κ3) is 8.01. The highest BCUT2D eigenvalue weighted by Gasteiger charge is 2.51. The van der Waals surface area contributed by atoms with E-state index >= 15 is 0 Å². The minimum Gasteiger partial charge on any atom is -0.475 e. The number of nitrogens with one attached hydrogen (secondary N) is 1. The lowest BCUT2D eigenvalue weighted by Crippen LogP contribution is -2.67. The molecule has 0 saturated carbocycles. The summed E-state index contributed by atoms with van der Waals surface area (Å²) in [5.74, 6) is 1.13. The average molecular weight is 713 g/mol. The summed E-state index contributed by atoms with van der Waals surface area (Å²) in [6, 6.07) is 37.6. The molecule has 6 aromatic rings. The number of ether oxygens (including phenoxy) is 1. The topological polar surface area (TPSA) is 103 Å². The van der Waals surface area contributed by atoms with Crippen LogP contribution < -0.4 is 20.9 Å². The molecule has 6 rings (SSSR count). The molecular formula is C43H48N4O4Si. The predicted octanol–water partition coefficient (Wildman–Crippen LogP) is 8.07. The average Bonchev–Trinajstić information content (AvgIpc) is 3.59. The van der Waals surface area contributed by atoms with Crippen molar-refractivity contribution in [3.8, 4) is 28.4 Å². The molecule has 268 valence electrons. The van der Waals surface area contributed by atoms with E-state index in [1.807, 2.05) is 31.2 Å². The van der Waals surface area contributed by atoms with Crippen molar-refractivity contribution in [2.75, 3.05) is 6.61 Å². The fraction of sp³-hybridized carbons (Fsp3) is 0.302. The van der Waals surface area contributed by atoms with Crippen LogP contribution in [-0.2, 0) is 17.3 Å². The Balaban J connectivity index is 1.28. The highest BCUT2D eigenvalue weighted by Crippen LogP contribution is 2.38. The quantitative estimate of drug-likeness (QED) is 0.114. The van der Waals surface area contributed by atoms with Gasteiger partial charge in [0.15, 0.2) is 5.82 Å². The van der Waals surface area contributed by atoms with Gasteiger partial charge in [0.2, 0.25) is 5.88 Å². The van der Waals surface area contributed by atoms with Crippen molar-refractivity contribution in [2.24, 2.45) is 0 Å². The van der Waals surface area contributed by atoms with Crippen LogP contribution in [0, 0.1) is 6.92 Å². The summed E-state index contributed by atoms with van der Waals surface area (Å²) in [6.07, 6.45) is 3.34. The van der Waals surface area contributed by atoms with Crippen LogP contribution in [0.15, 0.2) is 119 Å². The summed E-state index contributed by atoms with van der Waals surface area (Å²) in [5.41, 5.74) is 5.88. The minimum atomic E-state index is -2.76. The maximum Gasteiger partial charge on any atom is 0.439 e. The SMILES string of the molecule is CCCCc1nc(C)nc(OCC(C)O[Si](c2ccccc2)(c2ccccc2)C(C)(C)C)c1Cc1ccc(-c2ccccc2-c2noc(=O)[nH]2)cc1. The Morgan fingerprint density at radius 2 is 1.44 bits per heavy atom. The minimum absolute atomic E-state index is 0.146. The fourth-order valence-electron chi connectivity index (χ4n) is 6.99. The summed E-state index contributed by atoms with van der Waals surface area (Å²) >= 11 is 0. The number of aromatic nitrogens is 4. The van der Waals surface area contributed by atoms with Gasteiger partial charge in [0, 0.05) is 17.5 Å². The number of hydrogen-bond acceptors (Lipinski definition) is 7. The smallest absolute Gasteiger partial charge is 0.439 e. The van der Waals surface area contributed by atoms with E-state index in [-0.39, 0.29) is 11.1 Å². The van der Waals surface area contributed by atoms with E-state index in [9.17, 15) is 4.79 Å². The van der Waals surface area contributed by atoms with Crippen LogP contribution in [0.1, 0.15) is 70.1 Å². The zero-order valence-electron chi connectivity index (χ0n) is 31.0. The largest absolute Gasteiger partial charge is 0.475 e. The van der Waals surface area contributed by atoms with Crippen LogP contribution in [0.2, 0.25) is 5.04 Å². The van der Waals surface area contributed by atoms with E-state index in [0.717, 1.165) is 52.8 Å². The van der Waals surface area contributed by atoms with E-state index in [0.29, 0.717) is 30.6 Å². The third-order valence-corrected chi connectivity index (χ3v) is 14.6. The van der Waals surface area contributed by atoms with Gasteiger partial charge >= 0.3 is 5.76 Å². The molecule has 52 heavy (non-hydrogen) atoms. The van der Waals surface area contributed by atoms with Gasteiger partial charge in [0.1, 0.15) is 12.4 Å². The molecule has 0 bridgehead atoms. The second kappa shape index (κ2) is 16.0. The molecule has 8 nitrogen and oxygen atoms in total. The Labute approximate surface area is 307 Å². The number of aryl methyl sites for hydroxylation is 2. The maximum atomic E-state index is 11.7. The number of rotatable bonds is 14. The van der Waals surface area contributed by atoms with Crippen LogP contribution in [0.25, 0.3) is 22.5 Å². The number of nitrogens with zero attached hydrogens (tertiary/aromatic N) is 3. The molecule has 2 heterocycles.